The Morgan fingerprint density at radius 3 is 2.38 bits per heavy atom. The summed E-state index contributed by atoms with van der Waals surface area (Å²) < 4.78 is 10.8. The smallest absolute Gasteiger partial charge is 0.307 e. The van der Waals surface area contributed by atoms with Crippen LogP contribution in [0.1, 0.15) is 55.6 Å². The topological polar surface area (TPSA) is 93.5 Å². The molecular formula is C30H33N3O4. The zero-order chi connectivity index (χ0) is 26.2. The van der Waals surface area contributed by atoms with Gasteiger partial charge in [0.25, 0.3) is 5.91 Å². The zero-order valence-electron chi connectivity index (χ0n) is 21.5. The number of hydrogen-bond acceptors (Lipinski definition) is 6. The lowest BCUT2D eigenvalue weighted by Gasteiger charge is -2.26. The Kier molecular flexibility index (Phi) is 8.56. The van der Waals surface area contributed by atoms with E-state index in [0.717, 1.165) is 34.3 Å². The van der Waals surface area contributed by atoms with Gasteiger partial charge in [0.2, 0.25) is 5.89 Å². The number of rotatable bonds is 11. The third-order valence-corrected chi connectivity index (χ3v) is 6.41. The number of carbonyl (C=O) groups is 2. The molecule has 37 heavy (non-hydrogen) atoms. The lowest BCUT2D eigenvalue weighted by Crippen LogP contribution is -2.26. The number of para-hydroxylation sites is 2. The van der Waals surface area contributed by atoms with E-state index in [1.54, 1.807) is 19.1 Å². The van der Waals surface area contributed by atoms with E-state index in [4.69, 9.17) is 9.15 Å². The average molecular weight is 500 g/mol. The highest BCUT2D eigenvalue weighted by Crippen LogP contribution is 2.31. The molecule has 3 aromatic carbocycles. The molecule has 4 aromatic rings. The van der Waals surface area contributed by atoms with Crippen LogP contribution in [0.4, 0.5) is 5.69 Å². The third kappa shape index (κ3) is 6.55. The first-order valence-corrected chi connectivity index (χ1v) is 12.7. The van der Waals surface area contributed by atoms with Gasteiger partial charge in [-0.1, -0.05) is 44.5 Å². The summed E-state index contributed by atoms with van der Waals surface area (Å²) in [5.41, 5.74) is 5.18. The van der Waals surface area contributed by atoms with Gasteiger partial charge in [0.1, 0.15) is 5.52 Å². The highest BCUT2D eigenvalue weighted by Gasteiger charge is 2.19. The van der Waals surface area contributed by atoms with Crippen molar-refractivity contribution in [2.75, 3.05) is 18.5 Å². The van der Waals surface area contributed by atoms with E-state index in [0.29, 0.717) is 24.0 Å². The molecule has 0 radical (unpaired) electrons. The van der Waals surface area contributed by atoms with Crippen LogP contribution < -0.4 is 10.6 Å². The predicted molar refractivity (Wildman–Crippen MR) is 145 cm³/mol. The summed E-state index contributed by atoms with van der Waals surface area (Å²) in [5.74, 6) is 0.447. The summed E-state index contributed by atoms with van der Waals surface area (Å²) in [6, 6.07) is 23.5. The molecule has 7 nitrogen and oxygen atoms in total. The maximum absolute atomic E-state index is 12.4. The fraction of sp³-hybridized carbons (Fsp3) is 0.300. The van der Waals surface area contributed by atoms with E-state index in [-0.39, 0.29) is 30.9 Å². The quantitative estimate of drug-likeness (QED) is 0.233. The molecule has 0 bridgehead atoms. The number of oxazole rings is 1. The number of amides is 1. The number of hydrogen-bond donors (Lipinski definition) is 2. The largest absolute Gasteiger partial charge is 0.466 e. The average Bonchev–Trinajstić information content (AvgIpc) is 3.36. The Morgan fingerprint density at radius 2 is 1.70 bits per heavy atom. The van der Waals surface area contributed by atoms with Crippen LogP contribution in [-0.4, -0.2) is 30.0 Å². The number of nitrogens with one attached hydrogen (secondary N) is 2. The van der Waals surface area contributed by atoms with Crippen molar-refractivity contribution in [2.45, 2.75) is 39.7 Å². The Morgan fingerprint density at radius 1 is 0.973 bits per heavy atom. The first-order chi connectivity index (χ1) is 18.0. The number of ether oxygens (including phenoxy) is 1. The fourth-order valence-electron chi connectivity index (χ4n) is 4.13. The number of esters is 1. The van der Waals surface area contributed by atoms with Crippen molar-refractivity contribution in [1.82, 2.24) is 10.3 Å². The molecule has 1 heterocycles. The second-order valence-electron chi connectivity index (χ2n) is 9.00. The van der Waals surface area contributed by atoms with Crippen LogP contribution in [0.5, 0.6) is 0 Å². The second-order valence-corrected chi connectivity index (χ2v) is 9.00. The highest BCUT2D eigenvalue weighted by atomic mass is 16.5. The van der Waals surface area contributed by atoms with Crippen molar-refractivity contribution >= 4 is 28.7 Å². The number of benzene rings is 3. The second kappa shape index (κ2) is 12.2. The third-order valence-electron chi connectivity index (χ3n) is 6.41. The van der Waals surface area contributed by atoms with Gasteiger partial charge in [0, 0.05) is 23.4 Å². The van der Waals surface area contributed by atoms with Crippen LogP contribution in [-0.2, 0) is 9.53 Å². The van der Waals surface area contributed by atoms with Gasteiger partial charge in [0.15, 0.2) is 5.58 Å². The number of anilines is 1. The molecule has 1 amide bonds. The van der Waals surface area contributed by atoms with Gasteiger partial charge in [-0.05, 0) is 66.9 Å². The van der Waals surface area contributed by atoms with E-state index in [2.05, 4.69) is 41.6 Å². The molecule has 0 aliphatic carbocycles. The molecule has 0 saturated carbocycles. The first-order valence-electron chi connectivity index (χ1n) is 12.7. The van der Waals surface area contributed by atoms with E-state index < -0.39 is 0 Å². The summed E-state index contributed by atoms with van der Waals surface area (Å²) in [7, 11) is 0. The van der Waals surface area contributed by atoms with E-state index in [1.807, 2.05) is 48.5 Å². The summed E-state index contributed by atoms with van der Waals surface area (Å²) in [6.45, 7) is 6.73. The summed E-state index contributed by atoms with van der Waals surface area (Å²) in [4.78, 5) is 28.4. The van der Waals surface area contributed by atoms with Crippen LogP contribution >= 0.6 is 0 Å². The van der Waals surface area contributed by atoms with Crippen molar-refractivity contribution in [2.24, 2.45) is 5.92 Å². The SMILES string of the molecule is CCOC(=O)CCNC(=O)c1ccc(N[C@H](c2ccc(-c3nc4ccccc4o3)cc2)C(C)CC)cc1. The minimum atomic E-state index is -0.319. The summed E-state index contributed by atoms with van der Waals surface area (Å²) in [6.07, 6.45) is 1.16. The maximum atomic E-state index is 12.4. The van der Waals surface area contributed by atoms with Crippen LogP contribution in [0.2, 0.25) is 0 Å². The highest BCUT2D eigenvalue weighted by molar-refractivity contribution is 5.94. The molecule has 0 spiro atoms. The Hall–Kier alpha value is -4.13. The normalized spacial score (nSPS) is 12.6. The van der Waals surface area contributed by atoms with Crippen LogP contribution in [0.15, 0.2) is 77.2 Å². The van der Waals surface area contributed by atoms with Gasteiger partial charge in [-0.15, -0.1) is 0 Å². The molecule has 2 atom stereocenters. The van der Waals surface area contributed by atoms with Gasteiger partial charge >= 0.3 is 5.97 Å². The Labute approximate surface area is 217 Å². The molecular weight excluding hydrogens is 466 g/mol. The summed E-state index contributed by atoms with van der Waals surface area (Å²) in [5, 5.41) is 6.39. The first kappa shape index (κ1) is 25.9. The van der Waals surface area contributed by atoms with E-state index in [9.17, 15) is 9.59 Å². The lowest BCUT2D eigenvalue weighted by atomic mass is 9.91. The molecule has 1 unspecified atom stereocenters. The molecule has 0 saturated heterocycles. The monoisotopic (exact) mass is 499 g/mol. The summed E-state index contributed by atoms with van der Waals surface area (Å²) >= 11 is 0. The van der Waals surface area contributed by atoms with Crippen LogP contribution in [0, 0.1) is 5.92 Å². The van der Waals surface area contributed by atoms with Gasteiger partial charge in [-0.25, -0.2) is 4.98 Å². The van der Waals surface area contributed by atoms with Crippen molar-refractivity contribution in [3.05, 3.63) is 83.9 Å². The van der Waals surface area contributed by atoms with Gasteiger partial charge in [0.05, 0.1) is 19.1 Å². The van der Waals surface area contributed by atoms with Crippen molar-refractivity contribution < 1.29 is 18.7 Å². The van der Waals surface area contributed by atoms with Gasteiger partial charge < -0.3 is 19.8 Å². The van der Waals surface area contributed by atoms with Crippen molar-refractivity contribution in [3.8, 4) is 11.5 Å². The van der Waals surface area contributed by atoms with Crippen LogP contribution in [0.25, 0.3) is 22.6 Å². The van der Waals surface area contributed by atoms with Crippen molar-refractivity contribution in [3.63, 3.8) is 0 Å². The Bertz CT molecular complexity index is 1300. The molecule has 4 rings (SSSR count). The molecule has 2 N–H and O–H groups in total. The van der Waals surface area contributed by atoms with Crippen molar-refractivity contribution in [1.29, 1.82) is 0 Å². The zero-order valence-corrected chi connectivity index (χ0v) is 21.5. The molecule has 0 aliphatic heterocycles. The van der Waals surface area contributed by atoms with Gasteiger partial charge in [-0.3, -0.25) is 9.59 Å². The molecule has 7 heteroatoms. The molecule has 0 aliphatic rings. The molecule has 1 aromatic heterocycles. The van der Waals surface area contributed by atoms with Gasteiger partial charge in [-0.2, -0.15) is 0 Å². The number of fused-ring (bicyclic) bond motifs is 1. The fourth-order valence-corrected chi connectivity index (χ4v) is 4.13. The number of carbonyl (C=O) groups excluding carboxylic acids is 2. The van der Waals surface area contributed by atoms with Crippen LogP contribution in [0.3, 0.4) is 0 Å². The minimum Gasteiger partial charge on any atom is -0.466 e. The van der Waals surface area contributed by atoms with E-state index in [1.165, 1.54) is 0 Å². The predicted octanol–water partition coefficient (Wildman–Crippen LogP) is 6.38. The number of nitrogens with zero attached hydrogens (tertiary/aromatic N) is 1. The van der Waals surface area contributed by atoms with E-state index >= 15 is 0 Å². The standard InChI is InChI=1S/C30H33N3O4/c1-4-20(3)28(21-10-12-23(13-11-21)30-33-25-8-6-7-9-26(25)37-30)32-24-16-14-22(15-17-24)29(35)31-19-18-27(34)36-5-2/h6-17,20,28,32H,4-5,18-19H2,1-3H3,(H,31,35)/t20?,28-/m0/s1. The number of aromatic nitrogens is 1. The molecule has 192 valence electrons. The maximum Gasteiger partial charge on any atom is 0.307 e. The Balaban J connectivity index is 1.42. The lowest BCUT2D eigenvalue weighted by molar-refractivity contribution is -0.142. The minimum absolute atomic E-state index is 0.0898. The molecule has 0 fully saturated rings.